The van der Waals surface area contributed by atoms with Gasteiger partial charge >= 0.3 is 0 Å². The van der Waals surface area contributed by atoms with Gasteiger partial charge in [0.2, 0.25) is 0 Å². The minimum atomic E-state index is 0.324. The van der Waals surface area contributed by atoms with E-state index in [0.717, 1.165) is 51.0 Å². The fourth-order valence-electron chi connectivity index (χ4n) is 2.85. The second-order valence-corrected chi connectivity index (χ2v) is 7.20. The molecular weight excluding hydrogens is 425 g/mol. The predicted octanol–water partition coefficient (Wildman–Crippen LogP) is 5.13. The molecule has 25 heavy (non-hydrogen) atoms. The van der Waals surface area contributed by atoms with E-state index in [4.69, 9.17) is 0 Å². The number of fused-ring (bicyclic) bond motifs is 1. The van der Waals surface area contributed by atoms with E-state index in [9.17, 15) is 5.11 Å². The van der Waals surface area contributed by atoms with Gasteiger partial charge in [-0.05, 0) is 66.0 Å². The topological polar surface area (TPSA) is 48.4 Å². The summed E-state index contributed by atoms with van der Waals surface area (Å²) < 4.78 is 1.16. The number of hydrogen-bond acceptors (Lipinski definition) is 4. The molecule has 2 aromatic carbocycles. The van der Waals surface area contributed by atoms with E-state index < -0.39 is 0 Å². The largest absolute Gasteiger partial charge is 0.508 e. The molecule has 0 amide bonds. The van der Waals surface area contributed by atoms with Crippen LogP contribution in [0.15, 0.2) is 48.7 Å². The fourth-order valence-corrected chi connectivity index (χ4v) is 3.32. The van der Waals surface area contributed by atoms with Crippen molar-refractivity contribution in [2.75, 3.05) is 18.4 Å². The molecule has 0 aliphatic rings. The van der Waals surface area contributed by atoms with Crippen LogP contribution in [0.1, 0.15) is 19.4 Å². The van der Waals surface area contributed by atoms with Crippen molar-refractivity contribution in [1.29, 1.82) is 0 Å². The van der Waals surface area contributed by atoms with E-state index in [1.807, 2.05) is 18.2 Å². The second kappa shape index (κ2) is 8.01. The first-order valence-electron chi connectivity index (χ1n) is 8.46. The molecule has 0 saturated carbocycles. The van der Waals surface area contributed by atoms with Crippen LogP contribution in [0, 0.1) is 3.57 Å². The zero-order valence-electron chi connectivity index (χ0n) is 14.5. The van der Waals surface area contributed by atoms with Crippen LogP contribution in [0.3, 0.4) is 0 Å². The summed E-state index contributed by atoms with van der Waals surface area (Å²) in [6.45, 7) is 6.96. The lowest BCUT2D eigenvalue weighted by Crippen LogP contribution is -2.22. The summed E-state index contributed by atoms with van der Waals surface area (Å²) in [6.07, 6.45) is 1.80. The number of benzene rings is 2. The van der Waals surface area contributed by atoms with Gasteiger partial charge in [-0.15, -0.1) is 0 Å². The third-order valence-corrected chi connectivity index (χ3v) is 5.03. The minimum Gasteiger partial charge on any atom is -0.508 e. The average Bonchev–Trinajstić information content (AvgIpc) is 2.61. The number of halogens is 1. The van der Waals surface area contributed by atoms with Gasteiger partial charge in [0.1, 0.15) is 5.75 Å². The monoisotopic (exact) mass is 447 g/mol. The van der Waals surface area contributed by atoms with E-state index in [0.29, 0.717) is 5.75 Å². The molecule has 0 aliphatic heterocycles. The quantitative estimate of drug-likeness (QED) is 0.515. The summed E-state index contributed by atoms with van der Waals surface area (Å²) in [7, 11) is 0. The van der Waals surface area contributed by atoms with Crippen LogP contribution in [-0.2, 0) is 6.54 Å². The number of hydrogen-bond donors (Lipinski definition) is 2. The van der Waals surface area contributed by atoms with E-state index in [2.05, 4.69) is 69.8 Å². The number of phenols is 1. The number of nitrogens with zero attached hydrogens (tertiary/aromatic N) is 2. The van der Waals surface area contributed by atoms with Crippen LogP contribution < -0.4 is 5.32 Å². The number of phenolic OH excluding ortho intramolecular Hbond substituents is 1. The van der Waals surface area contributed by atoms with Gasteiger partial charge in [-0.1, -0.05) is 19.9 Å². The van der Waals surface area contributed by atoms with E-state index in [-0.39, 0.29) is 0 Å². The highest BCUT2D eigenvalue weighted by Crippen LogP contribution is 2.29. The summed E-state index contributed by atoms with van der Waals surface area (Å²) in [5.74, 6) is 0.324. The molecule has 3 aromatic rings. The highest BCUT2D eigenvalue weighted by molar-refractivity contribution is 14.1. The molecule has 0 bridgehead atoms. The van der Waals surface area contributed by atoms with Crippen LogP contribution in [0.4, 0.5) is 11.4 Å². The molecule has 1 heterocycles. The third kappa shape index (κ3) is 4.22. The van der Waals surface area contributed by atoms with E-state index in [1.54, 1.807) is 12.3 Å². The molecule has 0 radical (unpaired) electrons. The highest BCUT2D eigenvalue weighted by atomic mass is 127. The number of anilines is 2. The van der Waals surface area contributed by atoms with E-state index >= 15 is 0 Å². The zero-order chi connectivity index (χ0) is 17.8. The van der Waals surface area contributed by atoms with Crippen LogP contribution >= 0.6 is 22.6 Å². The summed E-state index contributed by atoms with van der Waals surface area (Å²) in [5.41, 5.74) is 3.76. The van der Waals surface area contributed by atoms with Crippen molar-refractivity contribution < 1.29 is 5.11 Å². The van der Waals surface area contributed by atoms with E-state index in [1.165, 1.54) is 0 Å². The van der Waals surface area contributed by atoms with Crippen molar-refractivity contribution >= 4 is 44.9 Å². The maximum Gasteiger partial charge on any atom is 0.122 e. The summed E-state index contributed by atoms with van der Waals surface area (Å²) >= 11 is 2.29. The molecule has 0 unspecified atom stereocenters. The molecule has 1 aromatic heterocycles. The number of aromatic nitrogens is 1. The van der Waals surface area contributed by atoms with Gasteiger partial charge in [-0.3, -0.25) is 9.88 Å². The third-order valence-electron chi connectivity index (χ3n) is 4.36. The molecule has 2 N–H and O–H groups in total. The molecule has 3 rings (SSSR count). The Morgan fingerprint density at radius 2 is 1.88 bits per heavy atom. The lowest BCUT2D eigenvalue weighted by Gasteiger charge is -2.19. The van der Waals surface area contributed by atoms with Crippen molar-refractivity contribution in [3.05, 3.63) is 57.8 Å². The van der Waals surface area contributed by atoms with Crippen molar-refractivity contribution in [2.45, 2.75) is 20.4 Å². The van der Waals surface area contributed by atoms with Crippen LogP contribution in [-0.4, -0.2) is 28.1 Å². The average molecular weight is 447 g/mol. The van der Waals surface area contributed by atoms with Crippen LogP contribution in [0.5, 0.6) is 5.75 Å². The molecular formula is C20H22IN3O. The van der Waals surface area contributed by atoms with Gasteiger partial charge < -0.3 is 10.4 Å². The van der Waals surface area contributed by atoms with Gasteiger partial charge in [0, 0.05) is 44.7 Å². The Morgan fingerprint density at radius 1 is 1.08 bits per heavy atom. The zero-order valence-corrected chi connectivity index (χ0v) is 16.6. The Bertz CT molecular complexity index is 878. The fraction of sp³-hybridized carbons (Fsp3) is 0.250. The highest BCUT2D eigenvalue weighted by Gasteiger charge is 2.08. The Balaban J connectivity index is 1.85. The van der Waals surface area contributed by atoms with Gasteiger partial charge in [0.05, 0.1) is 5.52 Å². The van der Waals surface area contributed by atoms with Crippen molar-refractivity contribution in [1.82, 2.24) is 9.88 Å². The standard InChI is InChI=1S/C20H22IN3O/c1-3-24(4-2)13-14-5-7-16(12-20(14)25)23-18-9-10-22-19-11-15(21)6-8-17(18)19/h5-12,25H,3-4,13H2,1-2H3,(H,22,23). The van der Waals surface area contributed by atoms with Crippen LogP contribution in [0.2, 0.25) is 0 Å². The number of aromatic hydroxyl groups is 1. The summed E-state index contributed by atoms with van der Waals surface area (Å²) in [5, 5.41) is 14.8. The summed E-state index contributed by atoms with van der Waals surface area (Å²) in [4.78, 5) is 6.71. The SMILES string of the molecule is CCN(CC)Cc1ccc(Nc2ccnc3cc(I)ccc23)cc1O. The Hall–Kier alpha value is -1.86. The first-order valence-corrected chi connectivity index (χ1v) is 9.54. The predicted molar refractivity (Wildman–Crippen MR) is 112 cm³/mol. The lowest BCUT2D eigenvalue weighted by molar-refractivity contribution is 0.291. The Labute approximate surface area is 162 Å². The summed E-state index contributed by atoms with van der Waals surface area (Å²) in [6, 6.07) is 13.9. The maximum atomic E-state index is 10.4. The molecule has 0 atom stereocenters. The lowest BCUT2D eigenvalue weighted by atomic mass is 10.1. The Morgan fingerprint density at radius 3 is 2.60 bits per heavy atom. The second-order valence-electron chi connectivity index (χ2n) is 5.95. The number of nitrogens with one attached hydrogen (secondary N) is 1. The number of rotatable bonds is 6. The molecule has 0 fully saturated rings. The first kappa shape index (κ1) is 17.9. The van der Waals surface area contributed by atoms with Crippen molar-refractivity contribution in [3.8, 4) is 5.75 Å². The van der Waals surface area contributed by atoms with Gasteiger partial charge in [-0.25, -0.2) is 0 Å². The first-order chi connectivity index (χ1) is 12.1. The Kier molecular flexibility index (Phi) is 5.75. The molecule has 130 valence electrons. The van der Waals surface area contributed by atoms with Gasteiger partial charge in [0.15, 0.2) is 0 Å². The van der Waals surface area contributed by atoms with Crippen molar-refractivity contribution in [3.63, 3.8) is 0 Å². The van der Waals surface area contributed by atoms with Crippen LogP contribution in [0.25, 0.3) is 10.9 Å². The smallest absolute Gasteiger partial charge is 0.122 e. The molecule has 0 saturated heterocycles. The number of pyridine rings is 1. The molecule has 5 heteroatoms. The minimum absolute atomic E-state index is 0.324. The van der Waals surface area contributed by atoms with Gasteiger partial charge in [0.25, 0.3) is 0 Å². The normalized spacial score (nSPS) is 11.2. The van der Waals surface area contributed by atoms with Gasteiger partial charge in [-0.2, -0.15) is 0 Å². The molecule has 4 nitrogen and oxygen atoms in total. The van der Waals surface area contributed by atoms with Crippen molar-refractivity contribution in [2.24, 2.45) is 0 Å². The molecule has 0 spiro atoms. The molecule has 0 aliphatic carbocycles. The maximum absolute atomic E-state index is 10.4.